The summed E-state index contributed by atoms with van der Waals surface area (Å²) in [5.41, 5.74) is 1.79. The highest BCUT2D eigenvalue weighted by molar-refractivity contribution is 9.10. The fourth-order valence-corrected chi connectivity index (χ4v) is 2.85. The lowest BCUT2D eigenvalue weighted by Gasteiger charge is -2.22. The van der Waals surface area contributed by atoms with Crippen molar-refractivity contribution >= 4 is 21.8 Å². The van der Waals surface area contributed by atoms with Gasteiger partial charge in [-0.2, -0.15) is 0 Å². The Labute approximate surface area is 126 Å². The Hall–Kier alpha value is -1.62. The lowest BCUT2D eigenvalue weighted by molar-refractivity contribution is 0.0720. The Kier molecular flexibility index (Phi) is 3.61. The quantitative estimate of drug-likeness (QED) is 0.862. The van der Waals surface area contributed by atoms with E-state index in [9.17, 15) is 4.79 Å². The largest absolute Gasteiger partial charge is 0.345 e. The summed E-state index contributed by atoms with van der Waals surface area (Å²) in [6, 6.07) is 6.16. The molecular formula is C15H16BrN3O. The molecule has 1 saturated carbocycles. The van der Waals surface area contributed by atoms with Crippen LogP contribution in [0.1, 0.15) is 28.9 Å². The number of aromatic nitrogens is 2. The third kappa shape index (κ3) is 2.77. The van der Waals surface area contributed by atoms with Crippen LogP contribution in [0.2, 0.25) is 0 Å². The van der Waals surface area contributed by atoms with Crippen LogP contribution in [0.3, 0.4) is 0 Å². The Balaban J connectivity index is 1.84. The molecule has 0 N–H and O–H groups in total. The third-order valence-electron chi connectivity index (χ3n) is 3.51. The predicted molar refractivity (Wildman–Crippen MR) is 80.2 cm³/mol. The first-order valence-electron chi connectivity index (χ1n) is 6.67. The zero-order valence-corrected chi connectivity index (χ0v) is 12.9. The van der Waals surface area contributed by atoms with E-state index in [-0.39, 0.29) is 5.91 Å². The minimum absolute atomic E-state index is 0.0875. The first kappa shape index (κ1) is 13.4. The highest BCUT2D eigenvalue weighted by Gasteiger charge is 2.34. The van der Waals surface area contributed by atoms with Crippen molar-refractivity contribution in [3.8, 4) is 0 Å². The van der Waals surface area contributed by atoms with Crippen LogP contribution in [0.15, 0.2) is 41.3 Å². The Bertz CT molecular complexity index is 619. The van der Waals surface area contributed by atoms with E-state index in [1.807, 2.05) is 47.1 Å². The number of carbonyl (C=O) groups is 1. The normalized spacial score (nSPS) is 14.3. The molecule has 1 amide bonds. The van der Waals surface area contributed by atoms with E-state index in [0.29, 0.717) is 18.3 Å². The van der Waals surface area contributed by atoms with E-state index in [2.05, 4.69) is 20.9 Å². The van der Waals surface area contributed by atoms with Gasteiger partial charge in [0.25, 0.3) is 5.91 Å². The van der Waals surface area contributed by atoms with Crippen molar-refractivity contribution in [2.24, 2.45) is 7.05 Å². The van der Waals surface area contributed by atoms with E-state index in [0.717, 1.165) is 22.9 Å². The summed E-state index contributed by atoms with van der Waals surface area (Å²) in [7, 11) is 1.90. The second kappa shape index (κ2) is 5.40. The lowest BCUT2D eigenvalue weighted by atomic mass is 10.2. The van der Waals surface area contributed by atoms with Gasteiger partial charge in [0.1, 0.15) is 5.69 Å². The highest BCUT2D eigenvalue weighted by atomic mass is 79.9. The molecule has 0 unspecified atom stereocenters. The van der Waals surface area contributed by atoms with Gasteiger partial charge >= 0.3 is 0 Å². The van der Waals surface area contributed by atoms with Crippen LogP contribution in [0.25, 0.3) is 0 Å². The van der Waals surface area contributed by atoms with E-state index in [1.165, 1.54) is 0 Å². The minimum Gasteiger partial charge on any atom is -0.345 e. The summed E-state index contributed by atoms with van der Waals surface area (Å²) in [5.74, 6) is 0.0875. The number of aryl methyl sites for hydroxylation is 1. The molecule has 1 fully saturated rings. The van der Waals surface area contributed by atoms with Crippen molar-refractivity contribution < 1.29 is 4.79 Å². The second-order valence-electron chi connectivity index (χ2n) is 5.18. The van der Waals surface area contributed by atoms with Gasteiger partial charge in [-0.1, -0.05) is 6.07 Å². The first-order chi connectivity index (χ1) is 9.65. The van der Waals surface area contributed by atoms with Crippen LogP contribution >= 0.6 is 15.9 Å². The van der Waals surface area contributed by atoms with Gasteiger partial charge in [-0.3, -0.25) is 9.78 Å². The van der Waals surface area contributed by atoms with Gasteiger partial charge < -0.3 is 9.47 Å². The van der Waals surface area contributed by atoms with Gasteiger partial charge in [0.15, 0.2) is 0 Å². The number of nitrogens with zero attached hydrogens (tertiary/aromatic N) is 3. The van der Waals surface area contributed by atoms with Crippen LogP contribution in [0.5, 0.6) is 0 Å². The average molecular weight is 334 g/mol. The lowest BCUT2D eigenvalue weighted by Crippen LogP contribution is -2.33. The molecule has 1 aliphatic rings. The molecule has 0 spiro atoms. The molecule has 0 aliphatic heterocycles. The molecule has 0 atom stereocenters. The molecule has 0 radical (unpaired) electrons. The van der Waals surface area contributed by atoms with Crippen molar-refractivity contribution in [1.29, 1.82) is 0 Å². The van der Waals surface area contributed by atoms with Gasteiger partial charge in [0.05, 0.1) is 0 Å². The summed E-state index contributed by atoms with van der Waals surface area (Å²) in [6.45, 7) is 0.625. The van der Waals surface area contributed by atoms with Gasteiger partial charge in [-0.05, 0) is 46.5 Å². The summed E-state index contributed by atoms with van der Waals surface area (Å²) < 4.78 is 2.80. The molecule has 5 heteroatoms. The number of carbonyl (C=O) groups excluding carboxylic acids is 1. The Morgan fingerprint density at radius 2 is 2.35 bits per heavy atom. The van der Waals surface area contributed by atoms with Crippen molar-refractivity contribution in [3.63, 3.8) is 0 Å². The molecule has 2 aromatic heterocycles. The molecule has 20 heavy (non-hydrogen) atoms. The maximum absolute atomic E-state index is 12.7. The molecule has 0 aromatic carbocycles. The molecular weight excluding hydrogens is 318 g/mol. The highest BCUT2D eigenvalue weighted by Crippen LogP contribution is 2.30. The van der Waals surface area contributed by atoms with Crippen molar-refractivity contribution in [1.82, 2.24) is 14.5 Å². The van der Waals surface area contributed by atoms with E-state index in [4.69, 9.17) is 0 Å². The van der Waals surface area contributed by atoms with E-state index >= 15 is 0 Å². The number of amides is 1. The standard InChI is InChI=1S/C15H16BrN3O/c1-18-10-12(16)7-14(18)15(20)19(13-4-5-13)9-11-3-2-6-17-8-11/h2-3,6-8,10,13H,4-5,9H2,1H3. The molecule has 4 nitrogen and oxygen atoms in total. The SMILES string of the molecule is Cn1cc(Br)cc1C(=O)N(Cc1cccnc1)C1CC1. The fraction of sp³-hybridized carbons (Fsp3) is 0.333. The van der Waals surface area contributed by atoms with Crippen LogP contribution in [-0.2, 0) is 13.6 Å². The summed E-state index contributed by atoms with van der Waals surface area (Å²) >= 11 is 3.42. The van der Waals surface area contributed by atoms with Gasteiger partial charge in [-0.25, -0.2) is 0 Å². The predicted octanol–water partition coefficient (Wildman–Crippen LogP) is 2.99. The number of rotatable bonds is 4. The third-order valence-corrected chi connectivity index (χ3v) is 3.95. The van der Waals surface area contributed by atoms with Gasteiger partial charge in [0, 0.05) is 42.7 Å². The van der Waals surface area contributed by atoms with Crippen LogP contribution in [0.4, 0.5) is 0 Å². The number of hydrogen-bond donors (Lipinski definition) is 0. The van der Waals surface area contributed by atoms with E-state index < -0.39 is 0 Å². The topological polar surface area (TPSA) is 38.1 Å². The Morgan fingerprint density at radius 3 is 2.90 bits per heavy atom. The van der Waals surface area contributed by atoms with Crippen molar-refractivity contribution in [2.75, 3.05) is 0 Å². The molecule has 2 heterocycles. The summed E-state index contributed by atoms with van der Waals surface area (Å²) in [5, 5.41) is 0. The average Bonchev–Trinajstić information content (AvgIpc) is 3.22. The fourth-order valence-electron chi connectivity index (χ4n) is 2.33. The minimum atomic E-state index is 0.0875. The first-order valence-corrected chi connectivity index (χ1v) is 7.46. The zero-order chi connectivity index (χ0) is 14.1. The molecule has 1 aliphatic carbocycles. The zero-order valence-electron chi connectivity index (χ0n) is 11.3. The molecule has 2 aromatic rings. The van der Waals surface area contributed by atoms with Gasteiger partial charge in [0.2, 0.25) is 0 Å². The van der Waals surface area contributed by atoms with E-state index in [1.54, 1.807) is 6.20 Å². The number of halogens is 1. The number of pyridine rings is 1. The Morgan fingerprint density at radius 1 is 1.55 bits per heavy atom. The second-order valence-corrected chi connectivity index (χ2v) is 6.10. The maximum Gasteiger partial charge on any atom is 0.271 e. The smallest absolute Gasteiger partial charge is 0.271 e. The maximum atomic E-state index is 12.7. The van der Waals surface area contributed by atoms with Crippen molar-refractivity contribution in [3.05, 3.63) is 52.5 Å². The van der Waals surface area contributed by atoms with Crippen molar-refractivity contribution in [2.45, 2.75) is 25.4 Å². The molecule has 3 rings (SSSR count). The molecule has 0 saturated heterocycles. The molecule has 0 bridgehead atoms. The summed E-state index contributed by atoms with van der Waals surface area (Å²) in [6.07, 6.45) is 7.67. The van der Waals surface area contributed by atoms with Crippen LogP contribution < -0.4 is 0 Å². The molecule has 104 valence electrons. The van der Waals surface area contributed by atoms with Crippen LogP contribution in [-0.4, -0.2) is 26.4 Å². The summed E-state index contributed by atoms with van der Waals surface area (Å²) in [4.78, 5) is 18.8. The van der Waals surface area contributed by atoms with Crippen LogP contribution in [0, 0.1) is 0 Å². The number of hydrogen-bond acceptors (Lipinski definition) is 2. The monoisotopic (exact) mass is 333 g/mol. The van der Waals surface area contributed by atoms with Gasteiger partial charge in [-0.15, -0.1) is 0 Å².